The van der Waals surface area contributed by atoms with E-state index in [1.165, 1.54) is 0 Å². The molecule has 1 aromatic carbocycles. The fourth-order valence-electron chi connectivity index (χ4n) is 1.82. The van der Waals surface area contributed by atoms with Gasteiger partial charge in [0.25, 0.3) is 0 Å². The average molecular weight is 276 g/mol. The van der Waals surface area contributed by atoms with Gasteiger partial charge in [-0.05, 0) is 30.7 Å². The smallest absolute Gasteiger partial charge is 0.372 e. The quantitative estimate of drug-likeness (QED) is 0.878. The summed E-state index contributed by atoms with van der Waals surface area (Å²) >= 11 is 0. The predicted octanol–water partition coefficient (Wildman–Crippen LogP) is 3.01. The van der Waals surface area contributed by atoms with Crippen LogP contribution >= 0.6 is 0 Å². The predicted molar refractivity (Wildman–Crippen MR) is 71.9 cm³/mol. The maximum Gasteiger partial charge on any atom is 0.372 e. The monoisotopic (exact) mass is 276 g/mol. The number of hydrogen-bond acceptors (Lipinski definition) is 4. The standard InChI is InChI=1S/C15H16O5/c1-10-7-13(20-14(10)15(16)17)9-19-8-11-3-5-12(18-2)6-4-11/h3-7H,8-9H2,1-2H3,(H,16,17). The summed E-state index contributed by atoms with van der Waals surface area (Å²) in [6, 6.07) is 9.22. The topological polar surface area (TPSA) is 68.9 Å². The Labute approximate surface area is 116 Å². The van der Waals surface area contributed by atoms with Crippen LogP contribution in [0.2, 0.25) is 0 Å². The van der Waals surface area contributed by atoms with E-state index in [0.29, 0.717) is 17.9 Å². The van der Waals surface area contributed by atoms with E-state index < -0.39 is 5.97 Å². The third-order valence-electron chi connectivity index (χ3n) is 2.84. The minimum atomic E-state index is -1.07. The van der Waals surface area contributed by atoms with Gasteiger partial charge in [0.15, 0.2) is 0 Å². The van der Waals surface area contributed by atoms with Crippen molar-refractivity contribution in [2.45, 2.75) is 20.1 Å². The van der Waals surface area contributed by atoms with Gasteiger partial charge in [0.1, 0.15) is 18.1 Å². The minimum absolute atomic E-state index is 0.0342. The van der Waals surface area contributed by atoms with Crippen molar-refractivity contribution >= 4 is 5.97 Å². The largest absolute Gasteiger partial charge is 0.497 e. The van der Waals surface area contributed by atoms with Crippen LogP contribution in [0.5, 0.6) is 5.75 Å². The van der Waals surface area contributed by atoms with Gasteiger partial charge in [0.2, 0.25) is 5.76 Å². The number of carbonyl (C=O) groups is 1. The molecule has 1 aromatic heterocycles. The van der Waals surface area contributed by atoms with E-state index in [2.05, 4.69) is 0 Å². The van der Waals surface area contributed by atoms with Gasteiger partial charge < -0.3 is 19.0 Å². The summed E-state index contributed by atoms with van der Waals surface area (Å²) in [4.78, 5) is 10.8. The molecule has 0 bridgehead atoms. The van der Waals surface area contributed by atoms with Gasteiger partial charge in [-0.2, -0.15) is 0 Å². The van der Waals surface area contributed by atoms with Crippen LogP contribution in [-0.4, -0.2) is 18.2 Å². The van der Waals surface area contributed by atoms with Gasteiger partial charge in [0.05, 0.1) is 13.7 Å². The van der Waals surface area contributed by atoms with Gasteiger partial charge in [-0.3, -0.25) is 0 Å². The molecule has 0 amide bonds. The Hall–Kier alpha value is -2.27. The number of carboxylic acids is 1. The highest BCUT2D eigenvalue weighted by atomic mass is 16.5. The first-order chi connectivity index (χ1) is 9.60. The van der Waals surface area contributed by atoms with Crippen LogP contribution in [0.25, 0.3) is 0 Å². The maximum absolute atomic E-state index is 10.8. The normalized spacial score (nSPS) is 10.5. The van der Waals surface area contributed by atoms with E-state index in [0.717, 1.165) is 11.3 Å². The summed E-state index contributed by atoms with van der Waals surface area (Å²) in [6.45, 7) is 2.35. The molecular weight excluding hydrogens is 260 g/mol. The Morgan fingerprint density at radius 1 is 1.25 bits per heavy atom. The Balaban J connectivity index is 1.89. The fraction of sp³-hybridized carbons (Fsp3) is 0.267. The third kappa shape index (κ3) is 3.39. The van der Waals surface area contributed by atoms with Crippen molar-refractivity contribution in [3.63, 3.8) is 0 Å². The molecule has 0 atom stereocenters. The number of rotatable bonds is 6. The summed E-state index contributed by atoms with van der Waals surface area (Å²) in [7, 11) is 1.62. The van der Waals surface area contributed by atoms with Gasteiger partial charge >= 0.3 is 5.97 Å². The molecule has 5 heteroatoms. The maximum atomic E-state index is 10.8. The van der Waals surface area contributed by atoms with Crippen molar-refractivity contribution in [3.05, 3.63) is 53.0 Å². The van der Waals surface area contributed by atoms with E-state index in [1.54, 1.807) is 20.1 Å². The molecule has 106 valence electrons. The van der Waals surface area contributed by atoms with Crippen LogP contribution in [0.15, 0.2) is 34.7 Å². The lowest BCUT2D eigenvalue weighted by Gasteiger charge is -2.04. The number of aromatic carboxylic acids is 1. The van der Waals surface area contributed by atoms with Gasteiger partial charge in [-0.25, -0.2) is 4.79 Å². The van der Waals surface area contributed by atoms with Crippen LogP contribution in [0.4, 0.5) is 0 Å². The molecule has 5 nitrogen and oxygen atoms in total. The molecule has 2 rings (SSSR count). The summed E-state index contributed by atoms with van der Waals surface area (Å²) in [5, 5.41) is 8.89. The number of hydrogen-bond donors (Lipinski definition) is 1. The number of aryl methyl sites for hydroxylation is 1. The molecular formula is C15H16O5. The molecule has 0 saturated heterocycles. The van der Waals surface area contributed by atoms with Crippen molar-refractivity contribution in [3.8, 4) is 5.75 Å². The Kier molecular flexibility index (Phi) is 4.42. The molecule has 0 aliphatic carbocycles. The molecule has 1 N–H and O–H groups in total. The summed E-state index contributed by atoms with van der Waals surface area (Å²) in [6.07, 6.45) is 0. The molecule has 0 unspecified atom stereocenters. The van der Waals surface area contributed by atoms with E-state index in [1.807, 2.05) is 24.3 Å². The number of carboxylic acid groups (broad SMARTS) is 1. The molecule has 0 saturated carbocycles. The van der Waals surface area contributed by atoms with E-state index in [9.17, 15) is 4.79 Å². The highest BCUT2D eigenvalue weighted by Gasteiger charge is 2.14. The SMILES string of the molecule is COc1ccc(COCc2cc(C)c(C(=O)O)o2)cc1. The van der Waals surface area contributed by atoms with Crippen molar-refractivity contribution in [1.82, 2.24) is 0 Å². The van der Waals surface area contributed by atoms with Crippen LogP contribution < -0.4 is 4.74 Å². The van der Waals surface area contributed by atoms with Gasteiger partial charge in [-0.1, -0.05) is 12.1 Å². The second-order valence-corrected chi connectivity index (χ2v) is 4.37. The molecule has 0 aliphatic rings. The van der Waals surface area contributed by atoms with Crippen molar-refractivity contribution < 1.29 is 23.8 Å². The minimum Gasteiger partial charge on any atom is -0.497 e. The average Bonchev–Trinajstić information content (AvgIpc) is 2.81. The number of methoxy groups -OCH3 is 1. The highest BCUT2D eigenvalue weighted by Crippen LogP contribution is 2.17. The zero-order valence-electron chi connectivity index (χ0n) is 11.4. The highest BCUT2D eigenvalue weighted by molar-refractivity contribution is 5.86. The number of ether oxygens (including phenoxy) is 2. The van der Waals surface area contributed by atoms with Crippen LogP contribution in [0.3, 0.4) is 0 Å². The second kappa shape index (κ2) is 6.25. The number of furan rings is 1. The molecule has 0 fully saturated rings. The lowest BCUT2D eigenvalue weighted by atomic mass is 10.2. The molecule has 2 aromatic rings. The third-order valence-corrected chi connectivity index (χ3v) is 2.84. The van der Waals surface area contributed by atoms with Gasteiger partial charge in [0, 0.05) is 5.56 Å². The van der Waals surface area contributed by atoms with Crippen molar-refractivity contribution in [2.75, 3.05) is 7.11 Å². The fourth-order valence-corrected chi connectivity index (χ4v) is 1.82. The first-order valence-electron chi connectivity index (χ1n) is 6.13. The number of benzene rings is 1. The molecule has 0 spiro atoms. The molecule has 0 aliphatic heterocycles. The van der Waals surface area contributed by atoms with Crippen LogP contribution in [-0.2, 0) is 18.0 Å². The first kappa shape index (κ1) is 14.1. The Morgan fingerprint density at radius 2 is 1.95 bits per heavy atom. The summed E-state index contributed by atoms with van der Waals surface area (Å²) < 4.78 is 15.8. The lowest BCUT2D eigenvalue weighted by Crippen LogP contribution is -1.95. The Bertz CT molecular complexity index is 583. The van der Waals surface area contributed by atoms with Crippen molar-refractivity contribution in [1.29, 1.82) is 0 Å². The van der Waals surface area contributed by atoms with E-state index >= 15 is 0 Å². The Morgan fingerprint density at radius 3 is 2.50 bits per heavy atom. The zero-order valence-corrected chi connectivity index (χ0v) is 11.4. The summed E-state index contributed by atoms with van der Waals surface area (Å²) in [5.74, 6) is 0.201. The summed E-state index contributed by atoms with van der Waals surface area (Å²) in [5.41, 5.74) is 1.60. The molecule has 1 heterocycles. The lowest BCUT2D eigenvalue weighted by molar-refractivity contribution is 0.0640. The van der Waals surface area contributed by atoms with Crippen LogP contribution in [0, 0.1) is 6.92 Å². The second-order valence-electron chi connectivity index (χ2n) is 4.37. The van der Waals surface area contributed by atoms with Crippen LogP contribution in [0.1, 0.15) is 27.4 Å². The first-order valence-corrected chi connectivity index (χ1v) is 6.13. The van der Waals surface area contributed by atoms with Crippen molar-refractivity contribution in [2.24, 2.45) is 0 Å². The zero-order chi connectivity index (χ0) is 14.5. The van der Waals surface area contributed by atoms with Gasteiger partial charge in [-0.15, -0.1) is 0 Å². The van der Waals surface area contributed by atoms with E-state index in [4.69, 9.17) is 19.0 Å². The molecule has 20 heavy (non-hydrogen) atoms. The van der Waals surface area contributed by atoms with E-state index in [-0.39, 0.29) is 12.4 Å². The molecule has 0 radical (unpaired) electrons.